The molecule has 0 amide bonds. The normalized spacial score (nSPS) is 19.7. The van der Waals surface area contributed by atoms with Gasteiger partial charge in [0.1, 0.15) is 0 Å². The lowest BCUT2D eigenvalue weighted by Gasteiger charge is -2.15. The van der Waals surface area contributed by atoms with Gasteiger partial charge in [-0.25, -0.2) is 0 Å². The standard InChI is InChI=1S/C6H13N.2ClH/c7-6-4-2-1-3-5-6;;/h6H,1-5,7H2;2*1H. The van der Waals surface area contributed by atoms with Gasteiger partial charge in [-0.15, -0.1) is 24.8 Å². The second-order valence-electron chi connectivity index (χ2n) is 2.40. The largest absolute Gasteiger partial charge is 0.328 e. The van der Waals surface area contributed by atoms with E-state index in [4.69, 9.17) is 5.73 Å². The first kappa shape index (κ1) is 12.2. The number of rotatable bonds is 0. The molecule has 1 nitrogen and oxygen atoms in total. The zero-order valence-electron chi connectivity index (χ0n) is 5.51. The first-order valence-corrected chi connectivity index (χ1v) is 3.15. The van der Waals surface area contributed by atoms with Crippen molar-refractivity contribution in [2.45, 2.75) is 38.1 Å². The Balaban J connectivity index is 0. The molecule has 1 saturated carbocycles. The van der Waals surface area contributed by atoms with Crippen LogP contribution < -0.4 is 5.73 Å². The van der Waals surface area contributed by atoms with E-state index in [9.17, 15) is 0 Å². The Morgan fingerprint density at radius 1 is 0.889 bits per heavy atom. The van der Waals surface area contributed by atoms with E-state index in [1.54, 1.807) is 0 Å². The van der Waals surface area contributed by atoms with Crippen molar-refractivity contribution in [1.82, 2.24) is 0 Å². The molecular weight excluding hydrogens is 157 g/mol. The van der Waals surface area contributed by atoms with Crippen molar-refractivity contribution in [2.75, 3.05) is 0 Å². The molecule has 3 heteroatoms. The monoisotopic (exact) mass is 171 g/mol. The highest BCUT2D eigenvalue weighted by atomic mass is 35.5. The van der Waals surface area contributed by atoms with E-state index < -0.39 is 0 Å². The van der Waals surface area contributed by atoms with Crippen molar-refractivity contribution in [3.05, 3.63) is 0 Å². The molecule has 58 valence electrons. The molecule has 1 aliphatic carbocycles. The van der Waals surface area contributed by atoms with Crippen LogP contribution in [0.1, 0.15) is 32.1 Å². The lowest BCUT2D eigenvalue weighted by Crippen LogP contribution is -2.22. The topological polar surface area (TPSA) is 26.0 Å². The Morgan fingerprint density at radius 2 is 1.33 bits per heavy atom. The maximum absolute atomic E-state index is 5.63. The highest BCUT2D eigenvalue weighted by Crippen LogP contribution is 2.14. The van der Waals surface area contributed by atoms with E-state index in [0.29, 0.717) is 6.04 Å². The molecule has 2 N–H and O–H groups in total. The number of halogens is 2. The zero-order valence-corrected chi connectivity index (χ0v) is 7.14. The average molecular weight is 172 g/mol. The van der Waals surface area contributed by atoms with Crippen molar-refractivity contribution in [2.24, 2.45) is 5.73 Å². The molecule has 0 aromatic rings. The van der Waals surface area contributed by atoms with Crippen LogP contribution >= 0.6 is 24.8 Å². The van der Waals surface area contributed by atoms with Gasteiger partial charge in [0.25, 0.3) is 0 Å². The Kier molecular flexibility index (Phi) is 9.05. The van der Waals surface area contributed by atoms with Crippen LogP contribution in [0.15, 0.2) is 0 Å². The Labute approximate surface area is 69.2 Å². The van der Waals surface area contributed by atoms with E-state index in [2.05, 4.69) is 0 Å². The summed E-state index contributed by atoms with van der Waals surface area (Å²) in [7, 11) is 0. The predicted molar refractivity (Wildman–Crippen MR) is 45.6 cm³/mol. The molecule has 1 rings (SSSR count). The second kappa shape index (κ2) is 6.66. The number of hydrogen-bond donors (Lipinski definition) is 1. The molecular formula is C6H15Cl2N. The van der Waals surface area contributed by atoms with Crippen LogP contribution in [0.4, 0.5) is 0 Å². The van der Waals surface area contributed by atoms with Gasteiger partial charge in [0.2, 0.25) is 0 Å². The summed E-state index contributed by atoms with van der Waals surface area (Å²) in [4.78, 5) is 0. The third-order valence-corrected chi connectivity index (χ3v) is 1.65. The summed E-state index contributed by atoms with van der Waals surface area (Å²) in [5, 5.41) is 0. The van der Waals surface area contributed by atoms with Gasteiger partial charge in [-0.1, -0.05) is 19.3 Å². The zero-order chi connectivity index (χ0) is 5.11. The van der Waals surface area contributed by atoms with E-state index in [1.807, 2.05) is 0 Å². The maximum atomic E-state index is 5.63. The second-order valence-corrected chi connectivity index (χ2v) is 2.40. The third kappa shape index (κ3) is 5.01. The Bertz CT molecular complexity index is 53.0. The fourth-order valence-electron chi connectivity index (χ4n) is 1.13. The van der Waals surface area contributed by atoms with Crippen LogP contribution in [-0.4, -0.2) is 6.04 Å². The lowest BCUT2D eigenvalue weighted by atomic mass is 9.97. The molecule has 0 radical (unpaired) electrons. The number of nitrogens with two attached hydrogens (primary N) is 1. The van der Waals surface area contributed by atoms with Crippen LogP contribution in [0, 0.1) is 0 Å². The van der Waals surface area contributed by atoms with Gasteiger partial charge in [0, 0.05) is 6.04 Å². The van der Waals surface area contributed by atoms with Crippen molar-refractivity contribution in [3.63, 3.8) is 0 Å². The van der Waals surface area contributed by atoms with Gasteiger partial charge in [-0.05, 0) is 12.8 Å². The SMILES string of the molecule is Cl.Cl.NC1CCCCC1. The van der Waals surface area contributed by atoms with Gasteiger partial charge in [-0.2, -0.15) is 0 Å². The molecule has 0 saturated heterocycles. The lowest BCUT2D eigenvalue weighted by molar-refractivity contribution is 0.441. The minimum atomic E-state index is 0. The highest BCUT2D eigenvalue weighted by Gasteiger charge is 2.06. The van der Waals surface area contributed by atoms with Gasteiger partial charge >= 0.3 is 0 Å². The van der Waals surface area contributed by atoms with Gasteiger partial charge in [0.15, 0.2) is 0 Å². The summed E-state index contributed by atoms with van der Waals surface area (Å²) >= 11 is 0. The molecule has 0 aromatic carbocycles. The van der Waals surface area contributed by atoms with Crippen LogP contribution in [-0.2, 0) is 0 Å². The Hall–Kier alpha value is 0.540. The van der Waals surface area contributed by atoms with Gasteiger partial charge in [-0.3, -0.25) is 0 Å². The molecule has 1 fully saturated rings. The minimum Gasteiger partial charge on any atom is -0.328 e. The first-order chi connectivity index (χ1) is 3.39. The molecule has 0 bridgehead atoms. The molecule has 0 aromatic heterocycles. The average Bonchev–Trinajstić information content (AvgIpc) is 1.69. The van der Waals surface area contributed by atoms with E-state index >= 15 is 0 Å². The fourth-order valence-corrected chi connectivity index (χ4v) is 1.13. The summed E-state index contributed by atoms with van der Waals surface area (Å²) in [6.07, 6.45) is 6.66. The van der Waals surface area contributed by atoms with E-state index in [1.165, 1.54) is 32.1 Å². The van der Waals surface area contributed by atoms with Gasteiger partial charge < -0.3 is 5.73 Å². The Morgan fingerprint density at radius 3 is 1.56 bits per heavy atom. The predicted octanol–water partition coefficient (Wildman–Crippen LogP) is 2.12. The molecule has 0 atom stereocenters. The third-order valence-electron chi connectivity index (χ3n) is 1.65. The quantitative estimate of drug-likeness (QED) is 0.595. The summed E-state index contributed by atoms with van der Waals surface area (Å²) in [5.41, 5.74) is 5.63. The first-order valence-electron chi connectivity index (χ1n) is 3.15. The van der Waals surface area contributed by atoms with Crippen LogP contribution in [0.2, 0.25) is 0 Å². The number of hydrogen-bond acceptors (Lipinski definition) is 1. The summed E-state index contributed by atoms with van der Waals surface area (Å²) in [5.74, 6) is 0. The highest BCUT2D eigenvalue weighted by molar-refractivity contribution is 5.85. The van der Waals surface area contributed by atoms with E-state index in [0.717, 1.165) is 0 Å². The fraction of sp³-hybridized carbons (Fsp3) is 1.00. The van der Waals surface area contributed by atoms with Crippen molar-refractivity contribution >= 4 is 24.8 Å². The molecule has 9 heavy (non-hydrogen) atoms. The summed E-state index contributed by atoms with van der Waals surface area (Å²) < 4.78 is 0. The summed E-state index contributed by atoms with van der Waals surface area (Å²) in [6, 6.07) is 0.536. The van der Waals surface area contributed by atoms with Crippen molar-refractivity contribution in [3.8, 4) is 0 Å². The molecule has 1 aliphatic rings. The van der Waals surface area contributed by atoms with Crippen molar-refractivity contribution in [1.29, 1.82) is 0 Å². The summed E-state index contributed by atoms with van der Waals surface area (Å²) in [6.45, 7) is 0. The van der Waals surface area contributed by atoms with Crippen LogP contribution in [0.5, 0.6) is 0 Å². The van der Waals surface area contributed by atoms with Gasteiger partial charge in [0.05, 0.1) is 0 Å². The van der Waals surface area contributed by atoms with Crippen LogP contribution in [0.25, 0.3) is 0 Å². The maximum Gasteiger partial charge on any atom is 0.00388 e. The smallest absolute Gasteiger partial charge is 0.00388 e. The molecule has 0 aliphatic heterocycles. The van der Waals surface area contributed by atoms with Crippen molar-refractivity contribution < 1.29 is 0 Å². The minimum absolute atomic E-state index is 0. The molecule has 0 heterocycles. The molecule has 0 unspecified atom stereocenters. The van der Waals surface area contributed by atoms with E-state index in [-0.39, 0.29) is 24.8 Å². The van der Waals surface area contributed by atoms with Crippen LogP contribution in [0.3, 0.4) is 0 Å². The molecule has 0 spiro atoms.